The van der Waals surface area contributed by atoms with E-state index in [0.717, 1.165) is 32.1 Å². The molecule has 1 aliphatic heterocycles. The molecule has 4 nitrogen and oxygen atoms in total. The predicted octanol–water partition coefficient (Wildman–Crippen LogP) is 3.14. The first-order chi connectivity index (χ1) is 11.4. The van der Waals surface area contributed by atoms with E-state index in [1.165, 1.54) is 5.57 Å². The predicted molar refractivity (Wildman–Crippen MR) is 89.6 cm³/mol. The van der Waals surface area contributed by atoms with Gasteiger partial charge in [-0.2, -0.15) is 5.26 Å². The number of hydrogen-bond donors (Lipinski definition) is 1. The lowest BCUT2D eigenvalue weighted by atomic mass is 9.47. The Morgan fingerprint density at radius 2 is 1.96 bits per heavy atom. The van der Waals surface area contributed by atoms with Gasteiger partial charge in [-0.3, -0.25) is 9.59 Å². The molecule has 1 saturated heterocycles. The van der Waals surface area contributed by atoms with Crippen LogP contribution in [0, 0.1) is 40.4 Å². The molecule has 4 rings (SSSR count). The van der Waals surface area contributed by atoms with Crippen molar-refractivity contribution >= 4 is 11.7 Å². The van der Waals surface area contributed by atoms with Gasteiger partial charge in [-0.15, -0.1) is 0 Å². The number of nitrogens with one attached hydrogen (secondary N) is 1. The van der Waals surface area contributed by atoms with E-state index in [1.807, 2.05) is 6.08 Å². The van der Waals surface area contributed by atoms with Crippen molar-refractivity contribution in [2.45, 2.75) is 64.3 Å². The zero-order valence-corrected chi connectivity index (χ0v) is 14.6. The highest BCUT2D eigenvalue weighted by Crippen LogP contribution is 2.61. The van der Waals surface area contributed by atoms with E-state index in [9.17, 15) is 14.9 Å². The quantitative estimate of drug-likeness (QED) is 0.743. The Morgan fingerprint density at radius 3 is 2.71 bits per heavy atom. The smallest absolute Gasteiger partial charge is 0.237 e. The number of carbonyl (C=O) groups excluding carboxylic acids is 2. The lowest BCUT2D eigenvalue weighted by molar-refractivity contribution is -0.136. The average Bonchev–Trinajstić information content (AvgIpc) is 2.54. The molecule has 4 heteroatoms. The Labute approximate surface area is 143 Å². The summed E-state index contributed by atoms with van der Waals surface area (Å²) in [6.45, 7) is 4.53. The van der Waals surface area contributed by atoms with Crippen molar-refractivity contribution < 1.29 is 9.59 Å². The van der Waals surface area contributed by atoms with Crippen LogP contribution in [0.1, 0.15) is 58.8 Å². The molecule has 6 atom stereocenters. The molecule has 1 amide bonds. The minimum Gasteiger partial charge on any atom is -0.350 e. The van der Waals surface area contributed by atoms with Gasteiger partial charge >= 0.3 is 0 Å². The summed E-state index contributed by atoms with van der Waals surface area (Å²) in [5.41, 5.74) is 1.34. The van der Waals surface area contributed by atoms with Gasteiger partial charge in [-0.1, -0.05) is 12.5 Å². The summed E-state index contributed by atoms with van der Waals surface area (Å²) in [7, 11) is 0. The largest absolute Gasteiger partial charge is 0.350 e. The van der Waals surface area contributed by atoms with Gasteiger partial charge in [0.2, 0.25) is 5.91 Å². The zero-order valence-electron chi connectivity index (χ0n) is 14.6. The summed E-state index contributed by atoms with van der Waals surface area (Å²) in [5, 5.41) is 12.5. The van der Waals surface area contributed by atoms with Crippen LogP contribution in [-0.2, 0) is 9.59 Å². The van der Waals surface area contributed by atoms with Crippen LogP contribution < -0.4 is 5.32 Å². The molecule has 0 bridgehead atoms. The maximum atomic E-state index is 12.2. The van der Waals surface area contributed by atoms with Gasteiger partial charge in [-0.25, -0.2) is 0 Å². The highest BCUT2D eigenvalue weighted by atomic mass is 16.2. The van der Waals surface area contributed by atoms with Crippen molar-refractivity contribution in [2.24, 2.45) is 29.1 Å². The average molecular weight is 326 g/mol. The van der Waals surface area contributed by atoms with Crippen molar-refractivity contribution in [2.75, 3.05) is 0 Å². The van der Waals surface area contributed by atoms with Crippen molar-refractivity contribution in [1.82, 2.24) is 5.32 Å². The van der Waals surface area contributed by atoms with E-state index in [-0.39, 0.29) is 22.6 Å². The summed E-state index contributed by atoms with van der Waals surface area (Å²) >= 11 is 0. The number of rotatable bonds is 0. The van der Waals surface area contributed by atoms with E-state index < -0.39 is 5.92 Å². The third-order valence-corrected chi connectivity index (χ3v) is 7.72. The Hall–Kier alpha value is -1.63. The summed E-state index contributed by atoms with van der Waals surface area (Å²) < 4.78 is 0. The number of nitrogens with zero attached hydrogens (tertiary/aromatic N) is 1. The minimum absolute atomic E-state index is 0.0828. The van der Waals surface area contributed by atoms with E-state index in [2.05, 4.69) is 25.2 Å². The Kier molecular flexibility index (Phi) is 3.43. The number of nitriles is 1. The fourth-order valence-corrected chi connectivity index (χ4v) is 6.31. The van der Waals surface area contributed by atoms with Crippen LogP contribution in [0.25, 0.3) is 0 Å². The Bertz CT molecular complexity index is 676. The topological polar surface area (TPSA) is 70.0 Å². The molecule has 0 aromatic heterocycles. The first-order valence-corrected chi connectivity index (χ1v) is 9.33. The van der Waals surface area contributed by atoms with Crippen LogP contribution >= 0.6 is 0 Å². The summed E-state index contributed by atoms with van der Waals surface area (Å²) in [5.74, 6) is 1.22. The SMILES string of the molecule is C[C@]12CCC(=O)C=C1CC[C@@H]1C2CC[C@]2(C)NC(=O)C(C#N)CC12. The second-order valence-corrected chi connectivity index (χ2v) is 8.83. The maximum absolute atomic E-state index is 12.2. The van der Waals surface area contributed by atoms with Gasteiger partial charge in [0, 0.05) is 12.0 Å². The zero-order chi connectivity index (χ0) is 17.1. The van der Waals surface area contributed by atoms with Crippen molar-refractivity contribution in [1.29, 1.82) is 5.26 Å². The molecule has 128 valence electrons. The van der Waals surface area contributed by atoms with Crippen molar-refractivity contribution in [3.05, 3.63) is 11.6 Å². The molecule has 3 unspecified atom stereocenters. The van der Waals surface area contributed by atoms with Crippen LogP contribution in [0.15, 0.2) is 11.6 Å². The molecular formula is C20H26N2O2. The van der Waals surface area contributed by atoms with E-state index in [4.69, 9.17) is 0 Å². The third-order valence-electron chi connectivity index (χ3n) is 7.72. The number of piperidine rings is 1. The number of amides is 1. The highest BCUT2D eigenvalue weighted by molar-refractivity contribution is 5.91. The molecule has 3 aliphatic carbocycles. The maximum Gasteiger partial charge on any atom is 0.237 e. The monoisotopic (exact) mass is 326 g/mol. The second-order valence-electron chi connectivity index (χ2n) is 8.83. The van der Waals surface area contributed by atoms with E-state index in [0.29, 0.717) is 30.6 Å². The first kappa shape index (κ1) is 15.9. The Balaban J connectivity index is 1.68. The lowest BCUT2D eigenvalue weighted by Gasteiger charge is -2.60. The molecule has 0 radical (unpaired) electrons. The van der Waals surface area contributed by atoms with Crippen LogP contribution in [0.2, 0.25) is 0 Å². The number of fused-ring (bicyclic) bond motifs is 5. The molecule has 4 aliphatic rings. The number of ketones is 1. The highest BCUT2D eigenvalue weighted by Gasteiger charge is 2.57. The summed E-state index contributed by atoms with van der Waals surface area (Å²) in [6, 6.07) is 2.20. The molecule has 0 aromatic rings. The van der Waals surface area contributed by atoms with Gasteiger partial charge in [-0.05, 0) is 74.7 Å². The van der Waals surface area contributed by atoms with E-state index in [1.54, 1.807) is 0 Å². The van der Waals surface area contributed by atoms with Gasteiger partial charge in [0.05, 0.1) is 6.07 Å². The summed E-state index contributed by atoms with van der Waals surface area (Å²) in [4.78, 5) is 24.0. The number of hydrogen-bond acceptors (Lipinski definition) is 3. The van der Waals surface area contributed by atoms with Crippen LogP contribution in [0.3, 0.4) is 0 Å². The second kappa shape index (κ2) is 5.18. The number of carbonyl (C=O) groups is 2. The van der Waals surface area contributed by atoms with Crippen LogP contribution in [-0.4, -0.2) is 17.2 Å². The number of allylic oxidation sites excluding steroid dienone is 2. The van der Waals surface area contributed by atoms with Gasteiger partial charge < -0.3 is 5.32 Å². The van der Waals surface area contributed by atoms with Crippen LogP contribution in [0.5, 0.6) is 0 Å². The normalized spacial score (nSPS) is 47.5. The molecule has 1 heterocycles. The molecule has 2 saturated carbocycles. The molecular weight excluding hydrogens is 300 g/mol. The third kappa shape index (κ3) is 2.10. The molecule has 1 N–H and O–H groups in total. The first-order valence-electron chi connectivity index (χ1n) is 9.33. The van der Waals surface area contributed by atoms with Crippen molar-refractivity contribution in [3.8, 4) is 6.07 Å². The lowest BCUT2D eigenvalue weighted by Crippen LogP contribution is -2.64. The standard InChI is InChI=1S/C20H26N2O2/c1-19-7-5-14(23)10-13(19)3-4-15-16(19)6-8-20(2)17(15)9-12(11-21)18(24)22-20/h10,12,15-17H,3-9H2,1-2H3,(H,22,24)/t12?,15-,16?,17?,19+,20+/m1/s1. The van der Waals surface area contributed by atoms with Gasteiger partial charge in [0.15, 0.2) is 5.78 Å². The van der Waals surface area contributed by atoms with Gasteiger partial charge in [0.25, 0.3) is 0 Å². The fourth-order valence-electron chi connectivity index (χ4n) is 6.31. The fraction of sp³-hybridized carbons (Fsp3) is 0.750. The Morgan fingerprint density at radius 1 is 1.17 bits per heavy atom. The molecule has 0 spiro atoms. The van der Waals surface area contributed by atoms with E-state index >= 15 is 0 Å². The molecule has 3 fully saturated rings. The van der Waals surface area contributed by atoms with Gasteiger partial charge in [0.1, 0.15) is 5.92 Å². The molecule has 24 heavy (non-hydrogen) atoms. The van der Waals surface area contributed by atoms with Crippen LogP contribution in [0.4, 0.5) is 0 Å². The summed E-state index contributed by atoms with van der Waals surface area (Å²) in [6.07, 6.45) is 8.45. The minimum atomic E-state index is -0.500. The molecule has 0 aromatic carbocycles. The van der Waals surface area contributed by atoms with Crippen molar-refractivity contribution in [3.63, 3.8) is 0 Å².